The molecule has 8 heteroatoms. The molecule has 2 unspecified atom stereocenters. The number of anilines is 1. The maximum absolute atomic E-state index is 13.1. The van der Waals surface area contributed by atoms with Gasteiger partial charge in [-0.3, -0.25) is 4.21 Å². The van der Waals surface area contributed by atoms with Gasteiger partial charge in [-0.05, 0) is 31.5 Å². The zero-order valence-electron chi connectivity index (χ0n) is 10.7. The average Bonchev–Trinajstić information content (AvgIpc) is 2.24. The minimum atomic E-state index is -3.82. The summed E-state index contributed by atoms with van der Waals surface area (Å²) in [5.41, 5.74) is 5.46. The Morgan fingerprint density at radius 1 is 1.42 bits per heavy atom. The van der Waals surface area contributed by atoms with Gasteiger partial charge in [0.05, 0.1) is 4.90 Å². The quantitative estimate of drug-likeness (QED) is 0.762. The van der Waals surface area contributed by atoms with Crippen LogP contribution in [0.25, 0.3) is 0 Å². The molecular weight excluding hydrogens is 291 g/mol. The molecule has 0 amide bonds. The van der Waals surface area contributed by atoms with Crippen LogP contribution in [0.5, 0.6) is 0 Å². The van der Waals surface area contributed by atoms with E-state index in [4.69, 9.17) is 5.73 Å². The number of nitrogen functional groups attached to an aromatic ring is 1. The van der Waals surface area contributed by atoms with Crippen LogP contribution in [-0.2, 0) is 20.8 Å². The van der Waals surface area contributed by atoms with Gasteiger partial charge in [0.2, 0.25) is 10.0 Å². The van der Waals surface area contributed by atoms with Gasteiger partial charge in [0, 0.05) is 34.5 Å². The van der Waals surface area contributed by atoms with Crippen LogP contribution < -0.4 is 10.5 Å². The fourth-order valence-corrected chi connectivity index (χ4v) is 3.50. The third kappa shape index (κ3) is 5.25. The summed E-state index contributed by atoms with van der Waals surface area (Å²) in [7, 11) is -4.80. The van der Waals surface area contributed by atoms with Crippen LogP contribution in [0.4, 0.5) is 10.1 Å². The van der Waals surface area contributed by atoms with Crippen LogP contribution in [0.2, 0.25) is 0 Å². The Kier molecular flexibility index (Phi) is 5.45. The molecule has 0 aliphatic heterocycles. The minimum absolute atomic E-state index is 0.0442. The first-order valence-electron chi connectivity index (χ1n) is 5.59. The fraction of sp³-hybridized carbons (Fsp3) is 0.455. The highest BCUT2D eigenvalue weighted by molar-refractivity contribution is 7.89. The third-order valence-corrected chi connectivity index (χ3v) is 4.78. The van der Waals surface area contributed by atoms with Gasteiger partial charge < -0.3 is 5.73 Å². The van der Waals surface area contributed by atoms with Gasteiger partial charge in [-0.1, -0.05) is 0 Å². The third-order valence-electron chi connectivity index (χ3n) is 2.40. The molecule has 2 atom stereocenters. The Bertz CT molecular complexity index is 555. The van der Waals surface area contributed by atoms with E-state index in [1.807, 2.05) is 0 Å². The SMILES string of the molecule is CC(CCS(C)=O)NS(=O)(=O)c1cc(N)cc(F)c1. The second kappa shape index (κ2) is 6.44. The molecule has 1 rings (SSSR count). The van der Waals surface area contributed by atoms with Gasteiger partial charge in [0.15, 0.2) is 0 Å². The molecule has 0 aliphatic carbocycles. The zero-order valence-corrected chi connectivity index (χ0v) is 12.4. The lowest BCUT2D eigenvalue weighted by molar-refractivity contribution is 0.553. The number of rotatable bonds is 6. The first-order valence-corrected chi connectivity index (χ1v) is 8.80. The van der Waals surface area contributed by atoms with Crippen molar-refractivity contribution in [2.75, 3.05) is 17.7 Å². The Morgan fingerprint density at radius 3 is 2.58 bits per heavy atom. The predicted molar refractivity (Wildman–Crippen MR) is 74.1 cm³/mol. The molecule has 5 nitrogen and oxygen atoms in total. The summed E-state index contributed by atoms with van der Waals surface area (Å²) >= 11 is 0. The largest absolute Gasteiger partial charge is 0.399 e. The van der Waals surface area contributed by atoms with Crippen molar-refractivity contribution in [1.29, 1.82) is 0 Å². The Hall–Kier alpha value is -0.990. The van der Waals surface area contributed by atoms with E-state index in [0.29, 0.717) is 12.2 Å². The number of benzene rings is 1. The van der Waals surface area contributed by atoms with Crippen LogP contribution in [0.3, 0.4) is 0 Å². The van der Waals surface area contributed by atoms with Gasteiger partial charge in [-0.15, -0.1) is 0 Å². The summed E-state index contributed by atoms with van der Waals surface area (Å²) in [4.78, 5) is -0.213. The van der Waals surface area contributed by atoms with Crippen molar-refractivity contribution in [2.45, 2.75) is 24.3 Å². The Labute approximate surface area is 114 Å². The van der Waals surface area contributed by atoms with Crippen molar-refractivity contribution in [1.82, 2.24) is 4.72 Å². The number of nitrogens with one attached hydrogen (secondary N) is 1. The molecule has 108 valence electrons. The second-order valence-electron chi connectivity index (χ2n) is 4.31. The van der Waals surface area contributed by atoms with Crippen LogP contribution in [0, 0.1) is 5.82 Å². The van der Waals surface area contributed by atoms with Crippen LogP contribution >= 0.6 is 0 Å². The number of sulfonamides is 1. The molecule has 1 aromatic carbocycles. The molecule has 0 spiro atoms. The standard InChI is InChI=1S/C11H17FN2O3S2/c1-8(3-4-18(2)15)14-19(16,17)11-6-9(12)5-10(13)7-11/h5-8,14H,3-4,13H2,1-2H3. The van der Waals surface area contributed by atoms with E-state index in [2.05, 4.69) is 4.72 Å². The lowest BCUT2D eigenvalue weighted by atomic mass is 10.3. The summed E-state index contributed by atoms with van der Waals surface area (Å²) < 4.78 is 50.4. The Morgan fingerprint density at radius 2 is 2.05 bits per heavy atom. The van der Waals surface area contributed by atoms with Gasteiger partial charge in [0.1, 0.15) is 5.82 Å². The summed E-state index contributed by atoms with van der Waals surface area (Å²) in [6.45, 7) is 1.66. The second-order valence-corrected chi connectivity index (χ2v) is 7.58. The molecule has 19 heavy (non-hydrogen) atoms. The predicted octanol–water partition coefficient (Wildman–Crippen LogP) is 0.843. The maximum atomic E-state index is 13.1. The van der Waals surface area contributed by atoms with E-state index >= 15 is 0 Å². The molecule has 0 aliphatic rings. The molecule has 0 aromatic heterocycles. The van der Waals surface area contributed by atoms with E-state index < -0.39 is 32.7 Å². The molecule has 3 N–H and O–H groups in total. The molecular formula is C11H17FN2O3S2. The van der Waals surface area contributed by atoms with E-state index in [1.54, 1.807) is 13.2 Å². The fourth-order valence-electron chi connectivity index (χ4n) is 1.47. The summed E-state index contributed by atoms with van der Waals surface area (Å²) in [5.74, 6) is -0.308. The first-order chi connectivity index (χ1) is 8.70. The average molecular weight is 308 g/mol. The monoisotopic (exact) mass is 308 g/mol. The van der Waals surface area contributed by atoms with E-state index in [-0.39, 0.29) is 10.6 Å². The van der Waals surface area contributed by atoms with E-state index in [9.17, 15) is 17.0 Å². The Balaban J connectivity index is 2.83. The number of nitrogens with two attached hydrogens (primary N) is 1. The van der Waals surface area contributed by atoms with Crippen LogP contribution in [-0.4, -0.2) is 30.7 Å². The lowest BCUT2D eigenvalue weighted by Gasteiger charge is -2.14. The highest BCUT2D eigenvalue weighted by atomic mass is 32.2. The molecule has 0 fully saturated rings. The van der Waals surface area contributed by atoms with Gasteiger partial charge in [0.25, 0.3) is 0 Å². The molecule has 0 bridgehead atoms. The van der Waals surface area contributed by atoms with Crippen molar-refractivity contribution >= 4 is 26.5 Å². The highest BCUT2D eigenvalue weighted by Gasteiger charge is 2.18. The smallest absolute Gasteiger partial charge is 0.240 e. The lowest BCUT2D eigenvalue weighted by Crippen LogP contribution is -2.33. The zero-order chi connectivity index (χ0) is 14.6. The number of hydrogen-bond donors (Lipinski definition) is 2. The number of halogens is 1. The topological polar surface area (TPSA) is 89.3 Å². The van der Waals surface area contributed by atoms with E-state index in [1.165, 1.54) is 6.07 Å². The summed E-state index contributed by atoms with van der Waals surface area (Å²) in [6, 6.07) is 2.75. The maximum Gasteiger partial charge on any atom is 0.240 e. The van der Waals surface area contributed by atoms with Crippen molar-refractivity contribution in [2.24, 2.45) is 0 Å². The molecule has 1 aromatic rings. The van der Waals surface area contributed by atoms with E-state index in [0.717, 1.165) is 12.1 Å². The van der Waals surface area contributed by atoms with Crippen LogP contribution in [0.15, 0.2) is 23.1 Å². The summed E-state index contributed by atoms with van der Waals surface area (Å²) in [5, 5.41) is 0. The highest BCUT2D eigenvalue weighted by Crippen LogP contribution is 2.16. The normalized spacial score (nSPS) is 15.1. The van der Waals surface area contributed by atoms with Crippen molar-refractivity contribution in [3.8, 4) is 0 Å². The van der Waals surface area contributed by atoms with Crippen molar-refractivity contribution < 1.29 is 17.0 Å². The number of hydrogen-bond acceptors (Lipinski definition) is 4. The molecule has 0 radical (unpaired) electrons. The van der Waals surface area contributed by atoms with Gasteiger partial charge >= 0.3 is 0 Å². The molecule has 0 saturated carbocycles. The summed E-state index contributed by atoms with van der Waals surface area (Å²) in [6.07, 6.45) is 1.99. The first kappa shape index (κ1) is 16.1. The van der Waals surface area contributed by atoms with Crippen molar-refractivity contribution in [3.05, 3.63) is 24.0 Å². The van der Waals surface area contributed by atoms with Crippen LogP contribution in [0.1, 0.15) is 13.3 Å². The minimum Gasteiger partial charge on any atom is -0.399 e. The van der Waals surface area contributed by atoms with Crippen molar-refractivity contribution in [3.63, 3.8) is 0 Å². The van der Waals surface area contributed by atoms with Gasteiger partial charge in [-0.2, -0.15) is 0 Å². The van der Waals surface area contributed by atoms with Gasteiger partial charge in [-0.25, -0.2) is 17.5 Å². The molecule has 0 saturated heterocycles. The molecule has 0 heterocycles.